The second-order valence-corrected chi connectivity index (χ2v) is 5.50. The molecule has 0 bridgehead atoms. The third-order valence-electron chi connectivity index (χ3n) is 2.58. The van der Waals surface area contributed by atoms with Crippen LogP contribution < -0.4 is 5.32 Å². The molecule has 0 aromatic rings. The molecule has 0 heterocycles. The van der Waals surface area contributed by atoms with Gasteiger partial charge >= 0.3 is 0 Å². The van der Waals surface area contributed by atoms with Crippen LogP contribution in [0.4, 0.5) is 8.78 Å². The van der Waals surface area contributed by atoms with Crippen LogP contribution in [0.2, 0.25) is 0 Å². The molecular weight excluding hydrogens is 248 g/mol. The summed E-state index contributed by atoms with van der Waals surface area (Å²) in [7, 11) is 0. The molecule has 98 valence electrons. The fourth-order valence-electron chi connectivity index (χ4n) is 1.67. The van der Waals surface area contributed by atoms with Crippen molar-refractivity contribution in [3.63, 3.8) is 0 Å². The molecular formula is C11H17F2NO2S. The minimum atomic E-state index is -3.15. The number of halogens is 2. The Balaban J connectivity index is 2.34. The molecule has 6 heteroatoms. The minimum Gasteiger partial charge on any atom is -0.310 e. The summed E-state index contributed by atoms with van der Waals surface area (Å²) in [5.74, 6) is -4.17. The number of allylic oxidation sites excluding steroid dienone is 3. The Morgan fingerprint density at radius 1 is 1.53 bits per heavy atom. The first-order valence-corrected chi connectivity index (χ1v) is 6.61. The zero-order valence-corrected chi connectivity index (χ0v) is 10.5. The molecule has 0 aliphatic heterocycles. The van der Waals surface area contributed by atoms with Crippen molar-refractivity contribution < 1.29 is 17.5 Å². The quantitative estimate of drug-likeness (QED) is 0.722. The lowest BCUT2D eigenvalue weighted by Crippen LogP contribution is -2.41. The molecule has 0 aromatic carbocycles. The van der Waals surface area contributed by atoms with Gasteiger partial charge in [0.05, 0.1) is 6.54 Å². The van der Waals surface area contributed by atoms with Gasteiger partial charge in [-0.2, -0.15) is 0 Å². The van der Waals surface area contributed by atoms with Crippen molar-refractivity contribution in [2.75, 3.05) is 18.8 Å². The molecule has 1 aliphatic carbocycles. The second kappa shape index (κ2) is 5.84. The first-order valence-electron chi connectivity index (χ1n) is 5.33. The summed E-state index contributed by atoms with van der Waals surface area (Å²) in [5, 5.41) is 2.66. The van der Waals surface area contributed by atoms with Crippen LogP contribution in [-0.2, 0) is 11.1 Å². The largest absolute Gasteiger partial charge is 0.310 e. The Bertz CT molecular complexity index is 344. The third-order valence-corrected chi connectivity index (χ3v) is 3.25. The van der Waals surface area contributed by atoms with Crippen LogP contribution in [0.5, 0.6) is 0 Å². The molecule has 0 amide bonds. The Labute approximate surface area is 102 Å². The van der Waals surface area contributed by atoms with Gasteiger partial charge in [-0.15, -0.1) is 0 Å². The van der Waals surface area contributed by atoms with Gasteiger partial charge in [-0.25, -0.2) is 13.0 Å². The Morgan fingerprint density at radius 2 is 2.24 bits per heavy atom. The SMILES string of the molecule is C[C@]1(CNCC(F)(F)CS(=O)O)C=CC=CC1. The Hall–Kier alpha value is -0.590. The van der Waals surface area contributed by atoms with Crippen LogP contribution in [0.3, 0.4) is 0 Å². The van der Waals surface area contributed by atoms with E-state index in [0.29, 0.717) is 6.54 Å². The van der Waals surface area contributed by atoms with Crippen molar-refractivity contribution in [2.45, 2.75) is 19.3 Å². The Kier molecular flexibility index (Phi) is 4.97. The number of rotatable bonds is 6. The second-order valence-electron chi connectivity index (χ2n) is 4.57. The lowest BCUT2D eigenvalue weighted by Gasteiger charge is -2.27. The molecule has 1 unspecified atom stereocenters. The number of hydrogen-bond acceptors (Lipinski definition) is 2. The molecule has 17 heavy (non-hydrogen) atoms. The average molecular weight is 265 g/mol. The van der Waals surface area contributed by atoms with Crippen molar-refractivity contribution in [3.05, 3.63) is 24.3 Å². The summed E-state index contributed by atoms with van der Waals surface area (Å²) in [5.41, 5.74) is -0.163. The van der Waals surface area contributed by atoms with E-state index in [2.05, 4.69) is 5.32 Å². The highest BCUT2D eigenvalue weighted by Crippen LogP contribution is 2.26. The highest BCUT2D eigenvalue weighted by atomic mass is 32.2. The summed E-state index contributed by atoms with van der Waals surface area (Å²) in [6, 6.07) is 0. The Morgan fingerprint density at radius 3 is 2.76 bits per heavy atom. The topological polar surface area (TPSA) is 49.3 Å². The van der Waals surface area contributed by atoms with E-state index in [4.69, 9.17) is 4.55 Å². The zero-order chi connectivity index (χ0) is 12.9. The van der Waals surface area contributed by atoms with Crippen molar-refractivity contribution in [1.29, 1.82) is 0 Å². The molecule has 0 saturated carbocycles. The van der Waals surface area contributed by atoms with Crippen LogP contribution in [-0.4, -0.2) is 33.5 Å². The smallest absolute Gasteiger partial charge is 0.273 e. The van der Waals surface area contributed by atoms with Crippen molar-refractivity contribution in [2.24, 2.45) is 5.41 Å². The van der Waals surface area contributed by atoms with E-state index in [1.807, 2.05) is 31.2 Å². The van der Waals surface area contributed by atoms with Crippen molar-refractivity contribution >= 4 is 11.1 Å². The minimum absolute atomic E-state index is 0.163. The molecule has 2 atom stereocenters. The van der Waals surface area contributed by atoms with Crippen LogP contribution in [0.15, 0.2) is 24.3 Å². The molecule has 0 radical (unpaired) electrons. The van der Waals surface area contributed by atoms with Crippen molar-refractivity contribution in [1.82, 2.24) is 5.32 Å². The van der Waals surface area contributed by atoms with Crippen LogP contribution >= 0.6 is 0 Å². The maximum Gasteiger partial charge on any atom is 0.273 e. The molecule has 0 spiro atoms. The maximum absolute atomic E-state index is 13.1. The van der Waals surface area contributed by atoms with Gasteiger partial charge in [0.1, 0.15) is 5.75 Å². The van der Waals surface area contributed by atoms with Gasteiger partial charge in [-0.05, 0) is 6.42 Å². The van der Waals surface area contributed by atoms with Crippen LogP contribution in [0.25, 0.3) is 0 Å². The molecule has 1 rings (SSSR count). The van der Waals surface area contributed by atoms with E-state index >= 15 is 0 Å². The first-order chi connectivity index (χ1) is 7.83. The van der Waals surface area contributed by atoms with Gasteiger partial charge < -0.3 is 9.87 Å². The number of alkyl halides is 2. The normalized spacial score (nSPS) is 26.1. The predicted octanol–water partition coefficient (Wildman–Crippen LogP) is 1.96. The highest BCUT2D eigenvalue weighted by Gasteiger charge is 2.32. The van der Waals surface area contributed by atoms with Crippen LogP contribution in [0.1, 0.15) is 13.3 Å². The van der Waals surface area contributed by atoms with E-state index in [-0.39, 0.29) is 5.41 Å². The molecule has 1 aliphatic rings. The molecule has 3 nitrogen and oxygen atoms in total. The lowest BCUT2D eigenvalue weighted by atomic mass is 9.84. The van der Waals surface area contributed by atoms with Gasteiger partial charge in [0.25, 0.3) is 5.92 Å². The van der Waals surface area contributed by atoms with Crippen LogP contribution in [0, 0.1) is 5.41 Å². The van der Waals surface area contributed by atoms with Gasteiger partial charge in [0.15, 0.2) is 11.1 Å². The van der Waals surface area contributed by atoms with Gasteiger partial charge in [-0.1, -0.05) is 31.2 Å². The zero-order valence-electron chi connectivity index (χ0n) is 9.66. The highest BCUT2D eigenvalue weighted by molar-refractivity contribution is 7.79. The van der Waals surface area contributed by atoms with E-state index in [9.17, 15) is 13.0 Å². The van der Waals surface area contributed by atoms with Crippen molar-refractivity contribution in [3.8, 4) is 0 Å². The van der Waals surface area contributed by atoms with Gasteiger partial charge in [0, 0.05) is 12.0 Å². The van der Waals surface area contributed by atoms with E-state index < -0.39 is 29.3 Å². The monoisotopic (exact) mass is 265 g/mol. The fourth-order valence-corrected chi connectivity index (χ4v) is 2.13. The first kappa shape index (κ1) is 14.5. The molecule has 2 N–H and O–H groups in total. The van der Waals surface area contributed by atoms with Gasteiger partial charge in [0.2, 0.25) is 0 Å². The fraction of sp³-hybridized carbons (Fsp3) is 0.636. The standard InChI is InChI=1S/C11H17F2NO2S/c1-10(5-3-2-4-6-10)7-14-8-11(12,13)9-17(15)16/h2-5,14H,6-9H2,1H3,(H,15,16)/t10-/m0/s1. The summed E-state index contributed by atoms with van der Waals surface area (Å²) in [6.45, 7) is 1.82. The predicted molar refractivity (Wildman–Crippen MR) is 64.5 cm³/mol. The number of nitrogens with one attached hydrogen (secondary N) is 1. The molecule has 0 aromatic heterocycles. The van der Waals surface area contributed by atoms with E-state index in [1.54, 1.807) is 0 Å². The van der Waals surface area contributed by atoms with E-state index in [0.717, 1.165) is 6.42 Å². The summed E-state index contributed by atoms with van der Waals surface area (Å²) < 4.78 is 45.0. The average Bonchev–Trinajstić information content (AvgIpc) is 2.15. The summed E-state index contributed by atoms with van der Waals surface area (Å²) in [4.78, 5) is 0. The lowest BCUT2D eigenvalue weighted by molar-refractivity contribution is 0.0245. The molecule has 0 fully saturated rings. The molecule has 0 saturated heterocycles. The van der Waals surface area contributed by atoms with E-state index in [1.165, 1.54) is 0 Å². The maximum atomic E-state index is 13.1. The summed E-state index contributed by atoms with van der Waals surface area (Å²) in [6.07, 6.45) is 8.58. The van der Waals surface area contributed by atoms with Gasteiger partial charge in [-0.3, -0.25) is 0 Å². The third kappa shape index (κ3) is 5.52. The summed E-state index contributed by atoms with van der Waals surface area (Å²) >= 11 is -2.47. The number of hydrogen-bond donors (Lipinski definition) is 2.